The van der Waals surface area contributed by atoms with E-state index in [1.54, 1.807) is 18.2 Å². The summed E-state index contributed by atoms with van der Waals surface area (Å²) in [5.41, 5.74) is 1.02. The quantitative estimate of drug-likeness (QED) is 0.694. The number of carbonyl (C=O) groups is 1. The van der Waals surface area contributed by atoms with Crippen molar-refractivity contribution in [3.05, 3.63) is 52.8 Å². The van der Waals surface area contributed by atoms with Crippen LogP contribution in [0.5, 0.6) is 0 Å². The minimum atomic E-state index is -0.464. The fraction of sp³-hybridized carbons (Fsp3) is 0.200. The van der Waals surface area contributed by atoms with Crippen molar-refractivity contribution in [1.82, 2.24) is 5.01 Å². The average molecular weight is 413 g/mol. The van der Waals surface area contributed by atoms with Gasteiger partial charge in [0, 0.05) is 17.0 Å². The monoisotopic (exact) mass is 412 g/mol. The highest BCUT2D eigenvalue weighted by molar-refractivity contribution is 8.26. The maximum absolute atomic E-state index is 12.5. The van der Waals surface area contributed by atoms with Crippen LogP contribution in [-0.2, 0) is 4.79 Å². The van der Waals surface area contributed by atoms with Crippen LogP contribution in [0.1, 0.15) is 26.0 Å². The van der Waals surface area contributed by atoms with E-state index < -0.39 is 5.91 Å². The number of furan rings is 1. The van der Waals surface area contributed by atoms with E-state index in [0.29, 0.717) is 27.6 Å². The Morgan fingerprint density at radius 2 is 2.00 bits per heavy atom. The second-order valence-electron chi connectivity index (χ2n) is 6.82. The summed E-state index contributed by atoms with van der Waals surface area (Å²) in [6.45, 7) is 4.19. The molecule has 28 heavy (non-hydrogen) atoms. The molecule has 1 aromatic carbocycles. The van der Waals surface area contributed by atoms with Crippen molar-refractivity contribution in [2.24, 2.45) is 16.0 Å². The Kier molecular flexibility index (Phi) is 4.95. The molecule has 0 fully saturated rings. The molecule has 3 heterocycles. The number of benzene rings is 1. The van der Waals surface area contributed by atoms with Crippen LogP contribution in [-0.4, -0.2) is 27.0 Å². The van der Waals surface area contributed by atoms with E-state index >= 15 is 0 Å². The maximum Gasteiger partial charge on any atom is 0.283 e. The molecule has 1 amide bonds. The standard InChI is InChI=1S/C20H17ClN4O2S/c1-11(2)9-17-24-25-18(22)15(19(26)23-20(25)28-17)10-14-7-8-16(27-14)12-3-5-13(21)6-4-12/h3-8,10-11,22H,9H2,1-2H3/b15-10+,22-18?. The van der Waals surface area contributed by atoms with Gasteiger partial charge in [0.1, 0.15) is 16.6 Å². The number of nitrogens with one attached hydrogen (secondary N) is 1. The molecule has 0 saturated heterocycles. The van der Waals surface area contributed by atoms with Gasteiger partial charge in [-0.2, -0.15) is 15.1 Å². The summed E-state index contributed by atoms with van der Waals surface area (Å²) in [6.07, 6.45) is 2.31. The highest BCUT2D eigenvalue weighted by Gasteiger charge is 2.35. The van der Waals surface area contributed by atoms with Crippen LogP contribution in [0.4, 0.5) is 0 Å². The third-order valence-corrected chi connectivity index (χ3v) is 5.30. The van der Waals surface area contributed by atoms with E-state index in [2.05, 4.69) is 23.9 Å². The van der Waals surface area contributed by atoms with Gasteiger partial charge in [-0.15, -0.1) is 0 Å². The van der Waals surface area contributed by atoms with Crippen molar-refractivity contribution in [2.45, 2.75) is 20.3 Å². The number of carbonyl (C=O) groups excluding carboxylic acids is 1. The molecule has 8 heteroatoms. The summed E-state index contributed by atoms with van der Waals surface area (Å²) < 4.78 is 5.82. The lowest BCUT2D eigenvalue weighted by molar-refractivity contribution is -0.114. The molecule has 4 rings (SSSR count). The molecule has 1 N–H and O–H groups in total. The zero-order chi connectivity index (χ0) is 19.8. The van der Waals surface area contributed by atoms with Crippen molar-refractivity contribution in [1.29, 1.82) is 5.41 Å². The van der Waals surface area contributed by atoms with Gasteiger partial charge in [0.2, 0.25) is 5.17 Å². The molecule has 142 valence electrons. The summed E-state index contributed by atoms with van der Waals surface area (Å²) in [4.78, 5) is 16.5. The summed E-state index contributed by atoms with van der Waals surface area (Å²) in [6, 6.07) is 10.8. The molecular weight excluding hydrogens is 396 g/mol. The predicted molar refractivity (Wildman–Crippen MR) is 114 cm³/mol. The first kappa shape index (κ1) is 18.7. The van der Waals surface area contributed by atoms with Crippen molar-refractivity contribution in [3.8, 4) is 11.3 Å². The van der Waals surface area contributed by atoms with Crippen LogP contribution in [0.15, 0.2) is 56.5 Å². The van der Waals surface area contributed by atoms with E-state index in [1.165, 1.54) is 22.8 Å². The van der Waals surface area contributed by atoms with Crippen LogP contribution < -0.4 is 0 Å². The Labute approximate surface area is 171 Å². The topological polar surface area (TPSA) is 82.0 Å². The molecule has 0 atom stereocenters. The molecule has 0 unspecified atom stereocenters. The number of nitrogens with zero attached hydrogens (tertiary/aromatic N) is 3. The minimum Gasteiger partial charge on any atom is -0.457 e. The average Bonchev–Trinajstić information content (AvgIpc) is 3.26. The van der Waals surface area contributed by atoms with Gasteiger partial charge in [-0.1, -0.05) is 25.4 Å². The second-order valence-corrected chi connectivity index (χ2v) is 8.30. The first-order chi connectivity index (χ1) is 13.4. The molecule has 1 aromatic heterocycles. The van der Waals surface area contributed by atoms with Crippen molar-refractivity contribution >= 4 is 51.4 Å². The molecule has 6 nitrogen and oxygen atoms in total. The SMILES string of the molecule is CC(C)CC1=NN2C(=N)/C(=C\c3ccc(-c4ccc(Cl)cc4)o3)C(=O)N=C2S1. The Morgan fingerprint density at radius 3 is 2.71 bits per heavy atom. The summed E-state index contributed by atoms with van der Waals surface area (Å²) in [7, 11) is 0. The van der Waals surface area contributed by atoms with Gasteiger partial charge in [-0.25, -0.2) is 0 Å². The Bertz CT molecular complexity index is 1050. The van der Waals surface area contributed by atoms with E-state index in [0.717, 1.165) is 17.0 Å². The summed E-state index contributed by atoms with van der Waals surface area (Å²) in [5, 5.41) is 16.2. The number of fused-ring (bicyclic) bond motifs is 1. The van der Waals surface area contributed by atoms with Crippen LogP contribution in [0.25, 0.3) is 17.4 Å². The highest BCUT2D eigenvalue weighted by atomic mass is 35.5. The van der Waals surface area contributed by atoms with Gasteiger partial charge in [0.05, 0.1) is 5.57 Å². The molecule has 2 aromatic rings. The maximum atomic E-state index is 12.5. The zero-order valence-corrected chi connectivity index (χ0v) is 16.8. The van der Waals surface area contributed by atoms with Crippen molar-refractivity contribution in [2.75, 3.05) is 0 Å². The Hall–Kier alpha value is -2.64. The third kappa shape index (κ3) is 3.68. The second kappa shape index (κ2) is 7.41. The first-order valence-electron chi connectivity index (χ1n) is 8.75. The van der Waals surface area contributed by atoms with Gasteiger partial charge < -0.3 is 4.42 Å². The van der Waals surface area contributed by atoms with Gasteiger partial charge >= 0.3 is 0 Å². The minimum absolute atomic E-state index is 0.00528. The van der Waals surface area contributed by atoms with Crippen LogP contribution in [0, 0.1) is 11.3 Å². The fourth-order valence-corrected chi connectivity index (χ4v) is 4.03. The van der Waals surface area contributed by atoms with Crippen LogP contribution in [0.3, 0.4) is 0 Å². The number of thioether (sulfide) groups is 1. The van der Waals surface area contributed by atoms with Gasteiger partial charge in [0.25, 0.3) is 5.91 Å². The number of halogens is 1. The van der Waals surface area contributed by atoms with Crippen molar-refractivity contribution < 1.29 is 9.21 Å². The lowest BCUT2D eigenvalue weighted by atomic mass is 10.1. The molecule has 0 radical (unpaired) electrons. The number of hydrazone groups is 1. The normalized spacial score (nSPS) is 18.0. The summed E-state index contributed by atoms with van der Waals surface area (Å²) in [5.74, 6) is 1.09. The van der Waals surface area contributed by atoms with E-state index in [9.17, 15) is 4.79 Å². The van der Waals surface area contributed by atoms with Gasteiger partial charge in [0.15, 0.2) is 5.84 Å². The van der Waals surface area contributed by atoms with Gasteiger partial charge in [-0.3, -0.25) is 10.2 Å². The predicted octanol–water partition coefficient (Wildman–Crippen LogP) is 5.27. The van der Waals surface area contributed by atoms with E-state index in [4.69, 9.17) is 21.4 Å². The number of amidine groups is 2. The fourth-order valence-electron chi connectivity index (χ4n) is 2.81. The number of hydrogen-bond acceptors (Lipinski definition) is 5. The number of aliphatic imine (C=N–C) groups is 1. The lowest BCUT2D eigenvalue weighted by Crippen LogP contribution is -2.35. The largest absolute Gasteiger partial charge is 0.457 e. The zero-order valence-electron chi connectivity index (χ0n) is 15.3. The van der Waals surface area contributed by atoms with Crippen LogP contribution in [0.2, 0.25) is 5.02 Å². The smallest absolute Gasteiger partial charge is 0.283 e. The highest BCUT2D eigenvalue weighted by Crippen LogP contribution is 2.31. The van der Waals surface area contributed by atoms with Gasteiger partial charge in [-0.05, 0) is 60.2 Å². The number of hydrogen-bond donors (Lipinski definition) is 1. The molecule has 0 saturated carbocycles. The van der Waals surface area contributed by atoms with E-state index in [-0.39, 0.29) is 11.4 Å². The number of amides is 1. The molecule has 0 bridgehead atoms. The Balaban J connectivity index is 1.60. The molecule has 0 aliphatic carbocycles. The van der Waals surface area contributed by atoms with Crippen LogP contribution >= 0.6 is 23.4 Å². The Morgan fingerprint density at radius 1 is 1.25 bits per heavy atom. The molecule has 2 aliphatic rings. The van der Waals surface area contributed by atoms with E-state index in [1.807, 2.05) is 18.2 Å². The first-order valence-corrected chi connectivity index (χ1v) is 9.95. The number of rotatable bonds is 4. The molecule has 0 spiro atoms. The van der Waals surface area contributed by atoms with Crippen molar-refractivity contribution in [3.63, 3.8) is 0 Å². The molecule has 2 aliphatic heterocycles. The summed E-state index contributed by atoms with van der Waals surface area (Å²) >= 11 is 7.26. The lowest BCUT2D eigenvalue weighted by Gasteiger charge is -2.19. The molecular formula is C20H17ClN4O2S. The third-order valence-electron chi connectivity index (χ3n) is 4.12.